The van der Waals surface area contributed by atoms with E-state index in [0.717, 1.165) is 5.56 Å². The minimum atomic E-state index is -0.187. The molecule has 2 aliphatic rings. The summed E-state index contributed by atoms with van der Waals surface area (Å²) in [7, 11) is 0. The Balaban J connectivity index is 1.61. The summed E-state index contributed by atoms with van der Waals surface area (Å²) >= 11 is 6.62. The van der Waals surface area contributed by atoms with Gasteiger partial charge in [-0.25, -0.2) is 0 Å². The normalized spacial score (nSPS) is 17.3. The van der Waals surface area contributed by atoms with Crippen molar-refractivity contribution in [2.75, 3.05) is 11.7 Å². The molecule has 0 spiro atoms. The van der Waals surface area contributed by atoms with Gasteiger partial charge in [0.2, 0.25) is 6.79 Å². The van der Waals surface area contributed by atoms with Crippen LogP contribution in [0.3, 0.4) is 0 Å². The lowest BCUT2D eigenvalue weighted by Gasteiger charge is -2.14. The van der Waals surface area contributed by atoms with Crippen molar-refractivity contribution in [3.63, 3.8) is 0 Å². The van der Waals surface area contributed by atoms with Gasteiger partial charge in [-0.15, -0.1) is 0 Å². The highest BCUT2D eigenvalue weighted by molar-refractivity contribution is 8.27. The van der Waals surface area contributed by atoms with Crippen molar-refractivity contribution in [3.8, 4) is 11.5 Å². The summed E-state index contributed by atoms with van der Waals surface area (Å²) in [5, 5.41) is 0. The van der Waals surface area contributed by atoms with E-state index in [0.29, 0.717) is 32.0 Å². The maximum atomic E-state index is 12.8. The molecule has 2 aromatic carbocycles. The molecule has 0 radical (unpaired) electrons. The monoisotopic (exact) mass is 383 g/mol. The third kappa shape index (κ3) is 3.00. The molecule has 130 valence electrons. The molecule has 0 atom stereocenters. The molecule has 0 aliphatic carbocycles. The van der Waals surface area contributed by atoms with E-state index in [-0.39, 0.29) is 18.5 Å². The van der Waals surface area contributed by atoms with Crippen LogP contribution in [0.4, 0.5) is 5.69 Å². The van der Waals surface area contributed by atoms with E-state index in [1.165, 1.54) is 23.6 Å². The number of rotatable bonds is 3. The molecule has 4 rings (SSSR count). The van der Waals surface area contributed by atoms with E-state index >= 15 is 0 Å². The van der Waals surface area contributed by atoms with E-state index < -0.39 is 0 Å². The maximum Gasteiger partial charge on any atom is 0.270 e. The fourth-order valence-electron chi connectivity index (χ4n) is 2.69. The van der Waals surface area contributed by atoms with Crippen LogP contribution in [0.1, 0.15) is 22.8 Å². The maximum absolute atomic E-state index is 12.8. The lowest BCUT2D eigenvalue weighted by Crippen LogP contribution is -2.27. The molecule has 0 aromatic heterocycles. The molecule has 2 aromatic rings. The van der Waals surface area contributed by atoms with Crippen molar-refractivity contribution in [2.45, 2.75) is 6.92 Å². The minimum absolute atomic E-state index is 0.0235. The number of ether oxygens (including phenoxy) is 2. The number of benzene rings is 2. The van der Waals surface area contributed by atoms with Crippen molar-refractivity contribution in [2.24, 2.45) is 0 Å². The fourth-order valence-corrected chi connectivity index (χ4v) is 3.99. The molecule has 1 saturated heterocycles. The number of anilines is 1. The van der Waals surface area contributed by atoms with Gasteiger partial charge < -0.3 is 9.47 Å². The highest BCUT2D eigenvalue weighted by Crippen LogP contribution is 2.38. The number of carbonyl (C=O) groups excluding carboxylic acids is 2. The van der Waals surface area contributed by atoms with Gasteiger partial charge in [-0.3, -0.25) is 14.5 Å². The average molecular weight is 383 g/mol. The Labute approximate surface area is 159 Å². The third-order valence-electron chi connectivity index (χ3n) is 4.02. The zero-order valence-electron chi connectivity index (χ0n) is 13.7. The van der Waals surface area contributed by atoms with Crippen molar-refractivity contribution >= 4 is 51.8 Å². The number of nitrogens with zero attached hydrogens (tertiary/aromatic N) is 1. The van der Waals surface area contributed by atoms with Crippen LogP contribution < -0.4 is 14.4 Å². The number of fused-ring (bicyclic) bond motifs is 1. The van der Waals surface area contributed by atoms with Gasteiger partial charge in [0.15, 0.2) is 21.6 Å². The summed E-state index contributed by atoms with van der Waals surface area (Å²) in [6, 6.07) is 12.3. The third-order valence-corrected chi connectivity index (χ3v) is 5.32. The Hall–Kier alpha value is -2.64. The second-order valence-electron chi connectivity index (χ2n) is 5.73. The number of ketones is 1. The second-order valence-corrected chi connectivity index (χ2v) is 7.41. The minimum Gasteiger partial charge on any atom is -0.454 e. The van der Waals surface area contributed by atoms with Gasteiger partial charge >= 0.3 is 0 Å². The summed E-state index contributed by atoms with van der Waals surface area (Å²) in [6.07, 6.45) is 1.78. The molecule has 2 aliphatic heterocycles. The molecule has 26 heavy (non-hydrogen) atoms. The van der Waals surface area contributed by atoms with Crippen LogP contribution in [0.5, 0.6) is 11.5 Å². The number of thiocarbonyl (C=S) groups is 1. The predicted molar refractivity (Wildman–Crippen MR) is 105 cm³/mol. The molecule has 0 N–H and O–H groups in total. The first kappa shape index (κ1) is 16.8. The average Bonchev–Trinajstić information content (AvgIpc) is 3.19. The molecular formula is C19H13NO4S2. The molecule has 2 heterocycles. The number of amides is 1. The van der Waals surface area contributed by atoms with E-state index in [4.69, 9.17) is 21.7 Å². The van der Waals surface area contributed by atoms with Gasteiger partial charge in [0.1, 0.15) is 0 Å². The Bertz CT molecular complexity index is 966. The Morgan fingerprint density at radius 2 is 1.88 bits per heavy atom. The van der Waals surface area contributed by atoms with Gasteiger partial charge in [-0.2, -0.15) is 0 Å². The van der Waals surface area contributed by atoms with Crippen LogP contribution >= 0.6 is 24.0 Å². The standard InChI is InChI=1S/C19H13NO4S2/c1-11(21)13-3-5-14(6-4-13)20-18(22)17(26-19(20)25)9-12-2-7-15-16(8-12)24-10-23-15/h2-9H,10H2,1H3/b17-9-. The van der Waals surface area contributed by atoms with Crippen molar-refractivity contribution in [1.29, 1.82) is 0 Å². The molecule has 0 saturated carbocycles. The van der Waals surface area contributed by atoms with Crippen LogP contribution in [0.2, 0.25) is 0 Å². The number of Topliss-reactive ketones (excluding diaryl/α,β-unsaturated/α-hetero) is 1. The largest absolute Gasteiger partial charge is 0.454 e. The summed E-state index contributed by atoms with van der Waals surface area (Å²) in [5.74, 6) is 1.15. The van der Waals surface area contributed by atoms with Gasteiger partial charge in [-0.05, 0) is 55.0 Å². The molecule has 0 unspecified atom stereocenters. The van der Waals surface area contributed by atoms with Crippen molar-refractivity contribution < 1.29 is 19.1 Å². The summed E-state index contributed by atoms with van der Waals surface area (Å²) in [6.45, 7) is 1.71. The van der Waals surface area contributed by atoms with Crippen molar-refractivity contribution in [3.05, 3.63) is 58.5 Å². The molecule has 5 nitrogen and oxygen atoms in total. The molecule has 7 heteroatoms. The second kappa shape index (κ2) is 6.59. The summed E-state index contributed by atoms with van der Waals surface area (Å²) < 4.78 is 11.1. The van der Waals surface area contributed by atoms with Crippen LogP contribution in [0.25, 0.3) is 6.08 Å². The van der Waals surface area contributed by atoms with Crippen molar-refractivity contribution in [1.82, 2.24) is 0 Å². The number of thioether (sulfide) groups is 1. The van der Waals surface area contributed by atoms with Gasteiger partial charge in [0, 0.05) is 5.56 Å². The lowest BCUT2D eigenvalue weighted by atomic mass is 10.1. The first-order chi connectivity index (χ1) is 12.5. The first-order valence-electron chi connectivity index (χ1n) is 7.81. The zero-order valence-corrected chi connectivity index (χ0v) is 15.4. The number of hydrogen-bond donors (Lipinski definition) is 0. The Morgan fingerprint density at radius 3 is 2.62 bits per heavy atom. The highest BCUT2D eigenvalue weighted by atomic mass is 32.2. The first-order valence-corrected chi connectivity index (χ1v) is 9.04. The van der Waals surface area contributed by atoms with Gasteiger partial charge in [0.05, 0.1) is 10.6 Å². The molecular weight excluding hydrogens is 370 g/mol. The van der Waals surface area contributed by atoms with Gasteiger partial charge in [-0.1, -0.05) is 30.0 Å². The lowest BCUT2D eigenvalue weighted by molar-refractivity contribution is -0.113. The SMILES string of the molecule is CC(=O)c1ccc(N2C(=O)/C(=C/c3ccc4c(c3)OCO4)SC2=S)cc1. The Kier molecular flexibility index (Phi) is 4.26. The van der Waals surface area contributed by atoms with E-state index in [9.17, 15) is 9.59 Å². The van der Waals surface area contributed by atoms with E-state index in [1.54, 1.807) is 30.3 Å². The molecule has 1 amide bonds. The van der Waals surface area contributed by atoms with Crippen LogP contribution in [0.15, 0.2) is 47.4 Å². The van der Waals surface area contributed by atoms with E-state index in [2.05, 4.69) is 0 Å². The topological polar surface area (TPSA) is 55.8 Å². The molecule has 0 bridgehead atoms. The zero-order chi connectivity index (χ0) is 18.3. The fraction of sp³-hybridized carbons (Fsp3) is 0.105. The van der Waals surface area contributed by atoms with Gasteiger partial charge in [0.25, 0.3) is 5.91 Å². The number of hydrogen-bond acceptors (Lipinski definition) is 6. The Morgan fingerprint density at radius 1 is 1.15 bits per heavy atom. The number of carbonyl (C=O) groups is 2. The molecule has 1 fully saturated rings. The quantitative estimate of drug-likeness (QED) is 0.453. The predicted octanol–water partition coefficient (Wildman–Crippen LogP) is 4.02. The summed E-state index contributed by atoms with van der Waals surface area (Å²) in [4.78, 5) is 26.2. The van der Waals surface area contributed by atoms with Crippen LogP contribution in [-0.2, 0) is 4.79 Å². The van der Waals surface area contributed by atoms with E-state index in [1.807, 2.05) is 18.2 Å². The highest BCUT2D eigenvalue weighted by Gasteiger charge is 2.33. The summed E-state index contributed by atoms with van der Waals surface area (Å²) in [5.41, 5.74) is 2.07. The smallest absolute Gasteiger partial charge is 0.270 e. The van der Waals surface area contributed by atoms with Crippen LogP contribution in [-0.4, -0.2) is 22.8 Å². The van der Waals surface area contributed by atoms with Crippen LogP contribution in [0, 0.1) is 0 Å².